The lowest BCUT2D eigenvalue weighted by atomic mass is 10.2. The van der Waals surface area contributed by atoms with E-state index in [1.54, 1.807) is 12.1 Å². The molecule has 1 saturated heterocycles. The van der Waals surface area contributed by atoms with Crippen LogP contribution in [0.5, 0.6) is 0 Å². The number of para-hydroxylation sites is 1. The summed E-state index contributed by atoms with van der Waals surface area (Å²) in [6, 6.07) is 13.7. The summed E-state index contributed by atoms with van der Waals surface area (Å²) in [5, 5.41) is 2.79. The second-order valence-corrected chi connectivity index (χ2v) is 8.23. The Balaban J connectivity index is 1.22. The van der Waals surface area contributed by atoms with E-state index in [0.717, 1.165) is 51.4 Å². The first-order valence-corrected chi connectivity index (χ1v) is 10.9. The summed E-state index contributed by atoms with van der Waals surface area (Å²) in [5.41, 5.74) is 2.77. The van der Waals surface area contributed by atoms with Crippen LogP contribution >= 0.6 is 0 Å². The molecular weight excluding hydrogens is 395 g/mol. The van der Waals surface area contributed by atoms with Crippen molar-refractivity contribution in [2.24, 2.45) is 0 Å². The van der Waals surface area contributed by atoms with Crippen LogP contribution in [0.15, 0.2) is 48.5 Å². The topological polar surface area (TPSA) is 55.9 Å². The molecule has 7 heteroatoms. The molecule has 2 amide bonds. The van der Waals surface area contributed by atoms with Crippen molar-refractivity contribution in [3.8, 4) is 0 Å². The molecule has 31 heavy (non-hydrogen) atoms. The second-order valence-electron chi connectivity index (χ2n) is 8.23. The highest BCUT2D eigenvalue weighted by Gasteiger charge is 2.27. The van der Waals surface area contributed by atoms with Crippen molar-refractivity contribution in [2.45, 2.75) is 25.8 Å². The molecule has 1 N–H and O–H groups in total. The lowest BCUT2D eigenvalue weighted by Gasteiger charge is -2.37. The molecule has 2 heterocycles. The van der Waals surface area contributed by atoms with Crippen molar-refractivity contribution in [1.82, 2.24) is 9.80 Å². The number of piperazine rings is 1. The van der Waals surface area contributed by atoms with Crippen LogP contribution in [0.25, 0.3) is 0 Å². The number of hydrogen-bond acceptors (Lipinski definition) is 4. The van der Waals surface area contributed by atoms with E-state index < -0.39 is 0 Å². The van der Waals surface area contributed by atoms with E-state index in [9.17, 15) is 14.0 Å². The van der Waals surface area contributed by atoms with E-state index in [1.165, 1.54) is 17.7 Å². The molecule has 6 nitrogen and oxygen atoms in total. The number of nitrogens with zero attached hydrogens (tertiary/aromatic N) is 3. The van der Waals surface area contributed by atoms with Crippen molar-refractivity contribution in [2.75, 3.05) is 49.5 Å². The van der Waals surface area contributed by atoms with Gasteiger partial charge in [0.25, 0.3) is 0 Å². The fourth-order valence-electron chi connectivity index (χ4n) is 4.34. The Morgan fingerprint density at radius 2 is 1.81 bits per heavy atom. The monoisotopic (exact) mass is 424 g/mol. The second kappa shape index (κ2) is 9.58. The number of carbonyl (C=O) groups is 2. The number of anilines is 2. The highest BCUT2D eigenvalue weighted by atomic mass is 19.1. The van der Waals surface area contributed by atoms with Gasteiger partial charge in [-0.05, 0) is 43.2 Å². The van der Waals surface area contributed by atoms with Gasteiger partial charge < -0.3 is 15.1 Å². The number of amides is 2. The maximum atomic E-state index is 13.3. The Kier molecular flexibility index (Phi) is 6.63. The highest BCUT2D eigenvalue weighted by Crippen LogP contribution is 2.27. The Labute approximate surface area is 182 Å². The maximum absolute atomic E-state index is 13.3. The van der Waals surface area contributed by atoms with Crippen LogP contribution < -0.4 is 10.2 Å². The van der Waals surface area contributed by atoms with Crippen LogP contribution in [0.2, 0.25) is 0 Å². The zero-order valence-electron chi connectivity index (χ0n) is 17.9. The molecule has 2 aromatic carbocycles. The van der Waals surface area contributed by atoms with Gasteiger partial charge in [-0.1, -0.05) is 24.3 Å². The molecule has 1 fully saturated rings. The van der Waals surface area contributed by atoms with Crippen LogP contribution in [0.4, 0.5) is 15.8 Å². The molecular formula is C24H29FN4O2. The van der Waals surface area contributed by atoms with Gasteiger partial charge in [0.2, 0.25) is 11.8 Å². The third-order valence-corrected chi connectivity index (χ3v) is 6.26. The molecule has 0 spiro atoms. The molecule has 0 aliphatic carbocycles. The summed E-state index contributed by atoms with van der Waals surface area (Å²) in [5.74, 6) is -0.330. The van der Waals surface area contributed by atoms with Crippen molar-refractivity contribution < 1.29 is 14.0 Å². The molecule has 0 saturated carbocycles. The van der Waals surface area contributed by atoms with E-state index in [4.69, 9.17) is 0 Å². The number of fused-ring (bicyclic) bond motifs is 1. The largest absolute Gasteiger partial charge is 0.325 e. The van der Waals surface area contributed by atoms with E-state index >= 15 is 0 Å². The molecule has 1 unspecified atom stereocenters. The molecule has 1 atom stereocenters. The number of carbonyl (C=O) groups excluding carboxylic acids is 2. The third kappa shape index (κ3) is 5.11. The molecule has 4 rings (SSSR count). The lowest BCUT2D eigenvalue weighted by molar-refractivity contribution is -0.121. The van der Waals surface area contributed by atoms with E-state index in [0.29, 0.717) is 12.1 Å². The summed E-state index contributed by atoms with van der Waals surface area (Å²) in [6.45, 7) is 6.54. The molecule has 0 aromatic heterocycles. The van der Waals surface area contributed by atoms with E-state index in [-0.39, 0.29) is 23.7 Å². The Bertz CT molecular complexity index is 943. The van der Waals surface area contributed by atoms with Crippen molar-refractivity contribution in [3.05, 3.63) is 59.9 Å². The summed E-state index contributed by atoms with van der Waals surface area (Å²) in [4.78, 5) is 31.6. The van der Waals surface area contributed by atoms with Gasteiger partial charge in [-0.15, -0.1) is 0 Å². The van der Waals surface area contributed by atoms with Gasteiger partial charge in [-0.25, -0.2) is 4.39 Å². The zero-order valence-corrected chi connectivity index (χ0v) is 17.9. The van der Waals surface area contributed by atoms with Gasteiger partial charge in [0.05, 0.1) is 6.04 Å². The van der Waals surface area contributed by atoms with Gasteiger partial charge in [0.1, 0.15) is 5.82 Å². The molecule has 0 radical (unpaired) electrons. The summed E-state index contributed by atoms with van der Waals surface area (Å²) in [6.07, 6.45) is 1.43. The zero-order chi connectivity index (χ0) is 21.8. The first-order chi connectivity index (χ1) is 15.0. The number of nitrogens with one attached hydrogen (secondary N) is 1. The fraction of sp³-hybridized carbons (Fsp3) is 0.417. The van der Waals surface area contributed by atoms with Crippen molar-refractivity contribution in [3.63, 3.8) is 0 Å². The van der Waals surface area contributed by atoms with Crippen LogP contribution in [0, 0.1) is 5.82 Å². The van der Waals surface area contributed by atoms with E-state index in [2.05, 4.69) is 21.2 Å². The predicted octanol–water partition coefficient (Wildman–Crippen LogP) is 2.75. The normalized spacial score (nSPS) is 17.9. The standard InChI is InChI=1S/C24H29FN4O2/c1-18(24(31)26-21-7-4-6-20(25)17-21)28-15-13-27(14-16-28)11-10-23(30)29-12-9-19-5-2-3-8-22(19)29/h2-8,17-18H,9-16H2,1H3,(H,26,31). The lowest BCUT2D eigenvalue weighted by Crippen LogP contribution is -2.53. The molecule has 164 valence electrons. The highest BCUT2D eigenvalue weighted by molar-refractivity contribution is 5.95. The van der Waals surface area contributed by atoms with Gasteiger partial charge in [-0.3, -0.25) is 14.5 Å². The number of hydrogen-bond donors (Lipinski definition) is 1. The minimum Gasteiger partial charge on any atom is -0.325 e. The van der Waals surface area contributed by atoms with Gasteiger partial charge in [0.15, 0.2) is 0 Å². The van der Waals surface area contributed by atoms with Crippen LogP contribution in [-0.4, -0.2) is 66.9 Å². The van der Waals surface area contributed by atoms with Gasteiger partial charge >= 0.3 is 0 Å². The third-order valence-electron chi connectivity index (χ3n) is 6.26. The van der Waals surface area contributed by atoms with Crippen LogP contribution in [-0.2, 0) is 16.0 Å². The maximum Gasteiger partial charge on any atom is 0.241 e. The van der Waals surface area contributed by atoms with Crippen molar-refractivity contribution >= 4 is 23.2 Å². The summed E-state index contributed by atoms with van der Waals surface area (Å²) < 4.78 is 13.3. The molecule has 0 bridgehead atoms. The Morgan fingerprint density at radius 3 is 2.58 bits per heavy atom. The Morgan fingerprint density at radius 1 is 1.03 bits per heavy atom. The van der Waals surface area contributed by atoms with Crippen molar-refractivity contribution in [1.29, 1.82) is 0 Å². The smallest absolute Gasteiger partial charge is 0.241 e. The minimum absolute atomic E-state index is 0.137. The summed E-state index contributed by atoms with van der Waals surface area (Å²) >= 11 is 0. The SMILES string of the molecule is CC(C(=O)Nc1cccc(F)c1)N1CCN(CCC(=O)N2CCc3ccccc32)CC1. The molecule has 2 aromatic rings. The Hall–Kier alpha value is -2.77. The average molecular weight is 425 g/mol. The minimum atomic E-state index is -0.369. The number of benzene rings is 2. The number of rotatable bonds is 6. The summed E-state index contributed by atoms with van der Waals surface area (Å²) in [7, 11) is 0. The quantitative estimate of drug-likeness (QED) is 0.775. The average Bonchev–Trinajstić information content (AvgIpc) is 3.21. The molecule has 2 aliphatic rings. The van der Waals surface area contributed by atoms with Crippen LogP contribution in [0.3, 0.4) is 0 Å². The van der Waals surface area contributed by atoms with E-state index in [1.807, 2.05) is 30.0 Å². The van der Waals surface area contributed by atoms with Crippen LogP contribution in [0.1, 0.15) is 18.9 Å². The first-order valence-electron chi connectivity index (χ1n) is 10.9. The first kappa shape index (κ1) is 21.5. The predicted molar refractivity (Wildman–Crippen MR) is 120 cm³/mol. The fourth-order valence-corrected chi connectivity index (χ4v) is 4.34. The van der Waals surface area contributed by atoms with Gasteiger partial charge in [0, 0.05) is 57.1 Å². The number of halogens is 1. The van der Waals surface area contributed by atoms with Gasteiger partial charge in [-0.2, -0.15) is 0 Å². The molecule has 2 aliphatic heterocycles.